The highest BCUT2D eigenvalue weighted by Gasteiger charge is 2.23. The number of benzene rings is 3. The van der Waals surface area contributed by atoms with Crippen molar-refractivity contribution in [2.75, 3.05) is 33.9 Å². The quantitative estimate of drug-likeness (QED) is 0.221. The van der Waals surface area contributed by atoms with Crippen LogP contribution in [0.3, 0.4) is 0 Å². The van der Waals surface area contributed by atoms with Crippen LogP contribution in [0.2, 0.25) is 0 Å². The Morgan fingerprint density at radius 1 is 0.854 bits per heavy atom. The molecule has 0 aliphatic rings. The zero-order valence-corrected chi connectivity index (χ0v) is 23.8. The van der Waals surface area contributed by atoms with Gasteiger partial charge >= 0.3 is 0 Å². The van der Waals surface area contributed by atoms with Gasteiger partial charge in [-0.2, -0.15) is 0 Å². The lowest BCUT2D eigenvalue weighted by molar-refractivity contribution is -0.141. The van der Waals surface area contributed by atoms with Crippen molar-refractivity contribution >= 4 is 22.8 Å². The maximum atomic E-state index is 13.8. The van der Waals surface area contributed by atoms with Crippen LogP contribution in [-0.4, -0.2) is 55.5 Å². The number of rotatable bonds is 13. The first kappa shape index (κ1) is 29.6. The maximum Gasteiger partial charge on any atom is 0.242 e. The highest BCUT2D eigenvalue weighted by molar-refractivity contribution is 5.86. The average Bonchev–Trinajstić information content (AvgIpc) is 2.98. The number of methoxy groups -OCH3 is 2. The zero-order valence-electron chi connectivity index (χ0n) is 23.8. The SMILES string of the molecule is COCCCN(CC(=O)N(Cc1ccccc1)Cc1coc2ccc(C)cc2c1=O)C(=O)Cc1ccc(OC)cc1. The van der Waals surface area contributed by atoms with E-state index in [1.54, 1.807) is 48.3 Å². The molecule has 0 spiro atoms. The molecule has 3 aromatic carbocycles. The predicted molar refractivity (Wildman–Crippen MR) is 158 cm³/mol. The number of hydrogen-bond donors (Lipinski definition) is 0. The third-order valence-electron chi connectivity index (χ3n) is 6.90. The zero-order chi connectivity index (χ0) is 29.2. The highest BCUT2D eigenvalue weighted by atomic mass is 16.5. The van der Waals surface area contributed by atoms with Crippen molar-refractivity contribution < 1.29 is 23.5 Å². The Bertz CT molecular complexity index is 1510. The normalized spacial score (nSPS) is 10.9. The summed E-state index contributed by atoms with van der Waals surface area (Å²) in [5.74, 6) is 0.274. The number of carbonyl (C=O) groups excluding carboxylic acids is 2. The Labute approximate surface area is 240 Å². The fraction of sp³-hybridized carbons (Fsp3) is 0.303. The number of nitrogens with zero attached hydrogens (tertiary/aromatic N) is 2. The number of ether oxygens (including phenoxy) is 2. The van der Waals surface area contributed by atoms with E-state index >= 15 is 0 Å². The second-order valence-corrected chi connectivity index (χ2v) is 10.0. The molecule has 0 radical (unpaired) electrons. The van der Waals surface area contributed by atoms with Crippen molar-refractivity contribution in [1.82, 2.24) is 9.80 Å². The fourth-order valence-corrected chi connectivity index (χ4v) is 4.62. The van der Waals surface area contributed by atoms with E-state index in [4.69, 9.17) is 13.9 Å². The number of amides is 2. The molecule has 8 nitrogen and oxygen atoms in total. The molecule has 4 rings (SSSR count). The Kier molecular flexibility index (Phi) is 10.3. The van der Waals surface area contributed by atoms with Crippen molar-refractivity contribution in [3.8, 4) is 5.75 Å². The largest absolute Gasteiger partial charge is 0.497 e. The molecule has 2 amide bonds. The summed E-state index contributed by atoms with van der Waals surface area (Å²) in [4.78, 5) is 43.7. The summed E-state index contributed by atoms with van der Waals surface area (Å²) in [5.41, 5.74) is 3.39. The molecule has 1 heterocycles. The van der Waals surface area contributed by atoms with E-state index in [1.807, 2.05) is 55.5 Å². The van der Waals surface area contributed by atoms with Gasteiger partial charge in [-0.1, -0.05) is 54.1 Å². The number of hydrogen-bond acceptors (Lipinski definition) is 6. The second kappa shape index (κ2) is 14.3. The van der Waals surface area contributed by atoms with Gasteiger partial charge in [0.25, 0.3) is 0 Å². The molecule has 0 unspecified atom stereocenters. The lowest BCUT2D eigenvalue weighted by Gasteiger charge is -2.28. The van der Waals surface area contributed by atoms with Crippen LogP contribution in [-0.2, 0) is 33.8 Å². The van der Waals surface area contributed by atoms with Crippen molar-refractivity contribution in [1.29, 1.82) is 0 Å². The summed E-state index contributed by atoms with van der Waals surface area (Å²) in [6.07, 6.45) is 2.16. The van der Waals surface area contributed by atoms with E-state index < -0.39 is 0 Å². The van der Waals surface area contributed by atoms with Gasteiger partial charge in [-0.25, -0.2) is 0 Å². The predicted octanol–water partition coefficient (Wildman–Crippen LogP) is 4.75. The van der Waals surface area contributed by atoms with E-state index in [-0.39, 0.29) is 43.3 Å². The van der Waals surface area contributed by atoms with Crippen molar-refractivity contribution in [3.63, 3.8) is 0 Å². The number of fused-ring (bicyclic) bond motifs is 1. The summed E-state index contributed by atoms with van der Waals surface area (Å²) >= 11 is 0. The molecule has 0 saturated heterocycles. The Balaban J connectivity index is 1.58. The molecule has 41 heavy (non-hydrogen) atoms. The van der Waals surface area contributed by atoms with Crippen LogP contribution in [0.4, 0.5) is 0 Å². The van der Waals surface area contributed by atoms with Crippen LogP contribution >= 0.6 is 0 Å². The number of aryl methyl sites for hydroxylation is 1. The minimum absolute atomic E-state index is 0.0541. The summed E-state index contributed by atoms with van der Waals surface area (Å²) < 4.78 is 16.2. The molecular weight excluding hydrogens is 520 g/mol. The van der Waals surface area contributed by atoms with Gasteiger partial charge in [0.1, 0.15) is 11.3 Å². The van der Waals surface area contributed by atoms with Crippen LogP contribution in [0.25, 0.3) is 11.0 Å². The minimum atomic E-state index is -0.266. The summed E-state index contributed by atoms with van der Waals surface area (Å²) in [6, 6.07) is 22.3. The summed E-state index contributed by atoms with van der Waals surface area (Å²) in [7, 11) is 3.19. The monoisotopic (exact) mass is 556 g/mol. The van der Waals surface area contributed by atoms with Crippen molar-refractivity contribution in [2.24, 2.45) is 0 Å². The van der Waals surface area contributed by atoms with Gasteiger partial charge in [-0.05, 0) is 48.7 Å². The molecule has 0 atom stereocenters. The second-order valence-electron chi connectivity index (χ2n) is 10.0. The van der Waals surface area contributed by atoms with E-state index in [9.17, 15) is 14.4 Å². The summed E-state index contributed by atoms with van der Waals surface area (Å²) in [5, 5.41) is 0.477. The maximum absolute atomic E-state index is 13.8. The molecule has 0 fully saturated rings. The van der Waals surface area contributed by atoms with Gasteiger partial charge in [0.2, 0.25) is 11.8 Å². The molecule has 8 heteroatoms. The molecule has 0 bridgehead atoms. The minimum Gasteiger partial charge on any atom is -0.497 e. The lowest BCUT2D eigenvalue weighted by atomic mass is 10.1. The van der Waals surface area contributed by atoms with Crippen LogP contribution in [0.1, 0.15) is 28.7 Å². The van der Waals surface area contributed by atoms with Gasteiger partial charge < -0.3 is 23.7 Å². The molecule has 0 aliphatic carbocycles. The molecule has 214 valence electrons. The van der Waals surface area contributed by atoms with E-state index in [2.05, 4.69) is 0 Å². The van der Waals surface area contributed by atoms with Gasteiger partial charge in [-0.15, -0.1) is 0 Å². The van der Waals surface area contributed by atoms with Crippen LogP contribution in [0, 0.1) is 6.92 Å². The third kappa shape index (κ3) is 8.05. The first-order valence-corrected chi connectivity index (χ1v) is 13.6. The standard InChI is InChI=1S/C33H36N2O6/c1-24-10-15-30-29(18-24)33(38)27(23-41-30)21-35(20-26-8-5-4-6-9-26)32(37)22-34(16-7-17-39-2)31(36)19-25-11-13-28(40-3)14-12-25/h4-6,8-15,18,23H,7,16-17,19-22H2,1-3H3. The molecule has 4 aromatic rings. The molecule has 0 N–H and O–H groups in total. The average molecular weight is 557 g/mol. The lowest BCUT2D eigenvalue weighted by Crippen LogP contribution is -2.44. The fourth-order valence-electron chi connectivity index (χ4n) is 4.62. The van der Waals surface area contributed by atoms with Crippen LogP contribution in [0.5, 0.6) is 5.75 Å². The first-order valence-electron chi connectivity index (χ1n) is 13.6. The van der Waals surface area contributed by atoms with E-state index in [1.165, 1.54) is 6.26 Å². The Morgan fingerprint density at radius 2 is 1.61 bits per heavy atom. The number of carbonyl (C=O) groups is 2. The van der Waals surface area contributed by atoms with Gasteiger partial charge in [-0.3, -0.25) is 14.4 Å². The van der Waals surface area contributed by atoms with Gasteiger partial charge in [0.05, 0.1) is 43.8 Å². The molecule has 1 aromatic heterocycles. The van der Waals surface area contributed by atoms with Crippen LogP contribution in [0.15, 0.2) is 88.3 Å². The Hall–Kier alpha value is -4.43. The Morgan fingerprint density at radius 3 is 2.32 bits per heavy atom. The highest BCUT2D eigenvalue weighted by Crippen LogP contribution is 2.17. The topological polar surface area (TPSA) is 89.3 Å². The van der Waals surface area contributed by atoms with Crippen molar-refractivity contribution in [3.05, 3.63) is 112 Å². The van der Waals surface area contributed by atoms with E-state index in [0.29, 0.717) is 41.9 Å². The first-order chi connectivity index (χ1) is 19.9. The van der Waals surface area contributed by atoms with Gasteiger partial charge in [0, 0.05) is 26.8 Å². The third-order valence-corrected chi connectivity index (χ3v) is 6.90. The molecule has 0 aliphatic heterocycles. The molecular formula is C33H36N2O6. The van der Waals surface area contributed by atoms with Crippen LogP contribution < -0.4 is 10.2 Å². The van der Waals surface area contributed by atoms with Crippen molar-refractivity contribution in [2.45, 2.75) is 32.9 Å². The summed E-state index contributed by atoms with van der Waals surface area (Å²) in [6.45, 7) is 2.96. The molecule has 0 saturated carbocycles. The smallest absolute Gasteiger partial charge is 0.242 e. The van der Waals surface area contributed by atoms with E-state index in [0.717, 1.165) is 16.7 Å². The van der Waals surface area contributed by atoms with Gasteiger partial charge in [0.15, 0.2) is 5.43 Å².